The van der Waals surface area contributed by atoms with Gasteiger partial charge in [0.2, 0.25) is 20.0 Å². The van der Waals surface area contributed by atoms with E-state index in [-0.39, 0.29) is 27.8 Å². The number of carboxylic acid groups (broad SMARTS) is 1. The summed E-state index contributed by atoms with van der Waals surface area (Å²) in [5, 5.41) is 29.1. The molecular weight excluding hydrogens is 797 g/mol. The average Bonchev–Trinajstić information content (AvgIpc) is 3.10. The van der Waals surface area contributed by atoms with Gasteiger partial charge in [0.05, 0.1) is 78.3 Å². The van der Waals surface area contributed by atoms with Crippen LogP contribution in [0.25, 0.3) is 0 Å². The van der Waals surface area contributed by atoms with Gasteiger partial charge in [-0.2, -0.15) is 10.5 Å². The highest BCUT2D eigenvalue weighted by Gasteiger charge is 2.23. The first kappa shape index (κ1) is 48.8. The monoisotopic (exact) mass is 848 g/mol. The number of aryl methyl sites for hydroxylation is 2. The number of nitriles is 2. The number of carbonyl (C=O) groups excluding carboxylic acids is 1. The molecule has 0 heterocycles. The third-order valence-electron chi connectivity index (χ3n) is 8.41. The first-order valence-electron chi connectivity index (χ1n) is 17.8. The van der Waals surface area contributed by atoms with Crippen LogP contribution in [0.1, 0.15) is 95.6 Å². The van der Waals surface area contributed by atoms with E-state index in [9.17, 15) is 31.7 Å². The lowest BCUT2D eigenvalue weighted by Crippen LogP contribution is -2.18. The molecule has 6 N–H and O–H groups in total. The minimum atomic E-state index is -3.56. The molecule has 59 heavy (non-hydrogen) atoms. The molecule has 0 aliphatic heterocycles. The number of benzene rings is 4. The first-order valence-corrected chi connectivity index (χ1v) is 21.6. The summed E-state index contributed by atoms with van der Waals surface area (Å²) in [6, 6.07) is 20.3. The normalized spacial score (nSPS) is 11.2. The number of hydrogen-bond donors (Lipinski definition) is 5. The van der Waals surface area contributed by atoms with E-state index in [1.807, 2.05) is 47.6 Å². The molecule has 0 atom stereocenters. The summed E-state index contributed by atoms with van der Waals surface area (Å²) in [6.45, 7) is 15.6. The molecule has 1 amide bonds. The van der Waals surface area contributed by atoms with Crippen LogP contribution in [-0.4, -0.2) is 60.5 Å². The number of carbonyl (C=O) groups is 2. The number of methoxy groups -OCH3 is 2. The van der Waals surface area contributed by atoms with E-state index < -0.39 is 31.9 Å². The topological polar surface area (TPSA) is 251 Å². The number of hydrogen-bond acceptors (Lipinski definition) is 11. The Hall–Kier alpha value is -6.30. The maximum absolute atomic E-state index is 12.8. The highest BCUT2D eigenvalue weighted by molar-refractivity contribution is 7.92. The minimum Gasteiger partial charge on any atom is -0.492 e. The quantitative estimate of drug-likeness (QED) is 0.104. The van der Waals surface area contributed by atoms with Gasteiger partial charge in [-0.1, -0.05) is 53.7 Å². The number of nitrogens with zero attached hydrogens (tertiary/aromatic N) is 2. The fraction of sp³-hybridized carbons (Fsp3) is 0.333. The molecule has 0 fully saturated rings. The van der Waals surface area contributed by atoms with Crippen molar-refractivity contribution in [2.75, 3.05) is 47.2 Å². The maximum Gasteiger partial charge on any atom is 0.335 e. The number of ether oxygens (including phenoxy) is 2. The van der Waals surface area contributed by atoms with E-state index in [1.54, 1.807) is 56.3 Å². The van der Waals surface area contributed by atoms with Crippen LogP contribution in [0.5, 0.6) is 11.5 Å². The Morgan fingerprint density at radius 1 is 0.661 bits per heavy atom. The van der Waals surface area contributed by atoms with Crippen molar-refractivity contribution in [3.8, 4) is 23.6 Å². The SMILES string of the molecule is COc1c(N)cc(C(C)(C)C)cc1NS(C)(=O)=O.COc1c(NC(=O)c2ccc(C)c(C#N)c2)cc(C(C)(C)C)cc1NS(C)(=O)=O.Cc1ccc(C(=O)O)cc1C#N. The van der Waals surface area contributed by atoms with Gasteiger partial charge >= 0.3 is 5.97 Å². The molecular formula is C42H52N6O9S2. The molecule has 0 saturated carbocycles. The number of aromatic carboxylic acids is 1. The van der Waals surface area contributed by atoms with Gasteiger partial charge in [0.15, 0.2) is 11.5 Å². The van der Waals surface area contributed by atoms with Crippen LogP contribution in [0.15, 0.2) is 60.7 Å². The average molecular weight is 849 g/mol. The largest absolute Gasteiger partial charge is 0.492 e. The molecule has 4 aromatic carbocycles. The zero-order chi connectivity index (χ0) is 45.3. The zero-order valence-corrected chi connectivity index (χ0v) is 36.9. The van der Waals surface area contributed by atoms with Crippen LogP contribution in [0, 0.1) is 36.5 Å². The lowest BCUT2D eigenvalue weighted by Gasteiger charge is -2.24. The standard InChI is InChI=1S/C21H25N3O4S.C12H20N2O3S.C9H7NO2/c1-13-7-8-14(9-15(13)12-22)20(25)23-17-10-16(21(2,3)4)11-18(19(17)28-5)24-29(6,26)27;1-12(2,3)8-6-9(13)11(17-4)10(7-8)14-18(5,15)16;1-6-2-3-7(9(11)12)4-8(6)5-10/h7-11,24H,1-6H3,(H,23,25);6-7,14H,13H2,1-5H3;2-4H,1H3,(H,11,12). The molecule has 0 aliphatic carbocycles. The molecule has 0 unspecified atom stereocenters. The maximum atomic E-state index is 12.8. The summed E-state index contributed by atoms with van der Waals surface area (Å²) >= 11 is 0. The Morgan fingerprint density at radius 2 is 1.05 bits per heavy atom. The molecule has 0 spiro atoms. The van der Waals surface area contributed by atoms with Crippen molar-refractivity contribution < 1.29 is 41.0 Å². The number of sulfonamides is 2. The van der Waals surface area contributed by atoms with Gasteiger partial charge < -0.3 is 25.6 Å². The number of amides is 1. The van der Waals surface area contributed by atoms with Crippen molar-refractivity contribution in [3.63, 3.8) is 0 Å². The van der Waals surface area contributed by atoms with E-state index >= 15 is 0 Å². The van der Waals surface area contributed by atoms with Crippen molar-refractivity contribution in [3.05, 3.63) is 105 Å². The van der Waals surface area contributed by atoms with Gasteiger partial charge in [-0.15, -0.1) is 0 Å². The molecule has 15 nitrogen and oxygen atoms in total. The van der Waals surface area contributed by atoms with Crippen LogP contribution in [-0.2, 0) is 30.9 Å². The fourth-order valence-corrected chi connectivity index (χ4v) is 6.29. The van der Waals surface area contributed by atoms with Crippen LogP contribution in [0.3, 0.4) is 0 Å². The number of carboxylic acids is 1. The molecule has 0 aliphatic rings. The van der Waals surface area contributed by atoms with Crippen LogP contribution in [0.4, 0.5) is 22.7 Å². The van der Waals surface area contributed by atoms with E-state index in [2.05, 4.69) is 20.8 Å². The highest BCUT2D eigenvalue weighted by Crippen LogP contribution is 2.40. The van der Waals surface area contributed by atoms with E-state index in [1.165, 1.54) is 32.4 Å². The number of nitrogens with one attached hydrogen (secondary N) is 3. The van der Waals surface area contributed by atoms with E-state index in [4.69, 9.17) is 25.6 Å². The van der Waals surface area contributed by atoms with Gasteiger partial charge in [-0.25, -0.2) is 21.6 Å². The van der Waals surface area contributed by atoms with Crippen molar-refractivity contribution in [2.45, 2.75) is 66.2 Å². The fourth-order valence-electron chi connectivity index (χ4n) is 5.19. The van der Waals surface area contributed by atoms with Gasteiger partial charge in [-0.05, 0) is 95.5 Å². The highest BCUT2D eigenvalue weighted by atomic mass is 32.2. The van der Waals surface area contributed by atoms with Gasteiger partial charge in [0, 0.05) is 5.56 Å². The molecule has 4 aromatic rings. The Morgan fingerprint density at radius 3 is 1.44 bits per heavy atom. The number of anilines is 4. The van der Waals surface area contributed by atoms with Gasteiger partial charge in [0.1, 0.15) is 0 Å². The second-order valence-electron chi connectivity index (χ2n) is 15.5. The van der Waals surface area contributed by atoms with E-state index in [0.29, 0.717) is 39.5 Å². The second-order valence-corrected chi connectivity index (χ2v) is 19.0. The molecule has 316 valence electrons. The Kier molecular flexibility index (Phi) is 16.1. The minimum absolute atomic E-state index is 0.131. The molecule has 0 saturated heterocycles. The molecule has 0 bridgehead atoms. The number of nitrogens with two attached hydrogens (primary N) is 1. The summed E-state index contributed by atoms with van der Waals surface area (Å²) in [4.78, 5) is 23.3. The summed E-state index contributed by atoms with van der Waals surface area (Å²) in [7, 11) is -4.08. The van der Waals surface area contributed by atoms with Crippen molar-refractivity contribution in [1.82, 2.24) is 0 Å². The smallest absolute Gasteiger partial charge is 0.335 e. The van der Waals surface area contributed by atoms with Gasteiger partial charge in [-0.3, -0.25) is 14.2 Å². The summed E-state index contributed by atoms with van der Waals surface area (Å²) in [5.74, 6) is -0.902. The molecule has 17 heteroatoms. The third-order valence-corrected chi connectivity index (χ3v) is 9.59. The van der Waals surface area contributed by atoms with Crippen molar-refractivity contribution in [1.29, 1.82) is 10.5 Å². The summed E-state index contributed by atoms with van der Waals surface area (Å²) in [5.41, 5.74) is 11.4. The van der Waals surface area contributed by atoms with Crippen LogP contribution in [0.2, 0.25) is 0 Å². The van der Waals surface area contributed by atoms with Crippen molar-refractivity contribution >= 4 is 54.7 Å². The predicted molar refractivity (Wildman–Crippen MR) is 231 cm³/mol. The Balaban J connectivity index is 0.000000339. The Labute approximate surface area is 347 Å². The van der Waals surface area contributed by atoms with Crippen LogP contribution >= 0.6 is 0 Å². The summed E-state index contributed by atoms with van der Waals surface area (Å²) < 4.78 is 61.7. The van der Waals surface area contributed by atoms with Gasteiger partial charge in [0.25, 0.3) is 5.91 Å². The van der Waals surface area contributed by atoms with Crippen molar-refractivity contribution in [2.24, 2.45) is 0 Å². The number of rotatable bonds is 9. The molecule has 0 radical (unpaired) electrons. The van der Waals surface area contributed by atoms with E-state index in [0.717, 1.165) is 34.8 Å². The first-order chi connectivity index (χ1) is 27.0. The molecule has 0 aromatic heterocycles. The Bertz CT molecular complexity index is 2530. The zero-order valence-electron chi connectivity index (χ0n) is 35.3. The molecule has 4 rings (SSSR count). The van der Waals surface area contributed by atoms with Crippen LogP contribution < -0.4 is 30.0 Å². The summed E-state index contributed by atoms with van der Waals surface area (Å²) in [6.07, 6.45) is 2.14. The lowest BCUT2D eigenvalue weighted by atomic mass is 9.86. The lowest BCUT2D eigenvalue weighted by molar-refractivity contribution is 0.0696. The second kappa shape index (κ2) is 19.4. The predicted octanol–water partition coefficient (Wildman–Crippen LogP) is 7.31. The third kappa shape index (κ3) is 14.5. The number of nitrogen functional groups attached to an aromatic ring is 1.